The Labute approximate surface area is 117 Å². The fraction of sp³-hybridized carbons (Fsp3) is 0.429. The van der Waals surface area contributed by atoms with Crippen LogP contribution in [0.2, 0.25) is 0 Å². The summed E-state index contributed by atoms with van der Waals surface area (Å²) < 4.78 is 5.06. The van der Waals surface area contributed by atoms with E-state index >= 15 is 0 Å². The minimum absolute atomic E-state index is 0.0237. The van der Waals surface area contributed by atoms with Crippen LogP contribution in [0.15, 0.2) is 24.3 Å². The summed E-state index contributed by atoms with van der Waals surface area (Å²) in [5, 5.41) is 2.74. The summed E-state index contributed by atoms with van der Waals surface area (Å²) in [6.45, 7) is 1.45. The van der Waals surface area contributed by atoms with E-state index in [-0.39, 0.29) is 18.4 Å². The van der Waals surface area contributed by atoms with E-state index < -0.39 is 0 Å². The monoisotopic (exact) mass is 277 g/mol. The molecule has 108 valence electrons. The molecule has 1 heterocycles. The summed E-state index contributed by atoms with van der Waals surface area (Å²) in [5.74, 6) is -0.108. The van der Waals surface area contributed by atoms with Gasteiger partial charge in [-0.3, -0.25) is 9.59 Å². The Morgan fingerprint density at radius 2 is 2.30 bits per heavy atom. The standard InChI is InChI=1S/C14H19N3O3/c15-6-8-20-10-13(18)16-11-3-1-4-12(9-11)17-7-2-5-14(17)19/h1,3-4,9H,2,5-8,10,15H2,(H,16,18). The second kappa shape index (κ2) is 7.02. The van der Waals surface area contributed by atoms with Crippen molar-refractivity contribution in [3.05, 3.63) is 24.3 Å². The zero-order valence-electron chi connectivity index (χ0n) is 11.3. The largest absolute Gasteiger partial charge is 0.370 e. The van der Waals surface area contributed by atoms with Crippen LogP contribution in [0.3, 0.4) is 0 Å². The van der Waals surface area contributed by atoms with Crippen LogP contribution in [0.4, 0.5) is 11.4 Å². The van der Waals surface area contributed by atoms with Crippen LogP contribution in [-0.2, 0) is 14.3 Å². The number of nitrogens with one attached hydrogen (secondary N) is 1. The molecule has 0 bridgehead atoms. The molecule has 6 heteroatoms. The molecular formula is C14H19N3O3. The van der Waals surface area contributed by atoms with Crippen molar-refractivity contribution in [2.45, 2.75) is 12.8 Å². The number of anilines is 2. The highest BCUT2D eigenvalue weighted by Gasteiger charge is 2.21. The van der Waals surface area contributed by atoms with Gasteiger partial charge in [0.2, 0.25) is 11.8 Å². The molecule has 0 atom stereocenters. The number of nitrogens with zero attached hydrogens (tertiary/aromatic N) is 1. The first-order valence-electron chi connectivity index (χ1n) is 6.69. The number of nitrogens with two attached hydrogens (primary N) is 1. The Kier molecular flexibility index (Phi) is 5.09. The average molecular weight is 277 g/mol. The maximum atomic E-state index is 11.7. The smallest absolute Gasteiger partial charge is 0.250 e. The fourth-order valence-electron chi connectivity index (χ4n) is 2.12. The second-order valence-electron chi connectivity index (χ2n) is 4.59. The van der Waals surface area contributed by atoms with Gasteiger partial charge in [-0.2, -0.15) is 0 Å². The van der Waals surface area contributed by atoms with E-state index in [1.807, 2.05) is 12.1 Å². The second-order valence-corrected chi connectivity index (χ2v) is 4.59. The lowest BCUT2D eigenvalue weighted by molar-refractivity contribution is -0.120. The van der Waals surface area contributed by atoms with E-state index in [4.69, 9.17) is 10.5 Å². The van der Waals surface area contributed by atoms with Gasteiger partial charge in [0.1, 0.15) is 6.61 Å². The summed E-state index contributed by atoms with van der Waals surface area (Å²) in [6, 6.07) is 7.26. The minimum Gasteiger partial charge on any atom is -0.370 e. The molecule has 1 aromatic rings. The Balaban J connectivity index is 1.95. The van der Waals surface area contributed by atoms with Crippen molar-refractivity contribution in [1.82, 2.24) is 0 Å². The zero-order valence-corrected chi connectivity index (χ0v) is 11.3. The number of hydrogen-bond acceptors (Lipinski definition) is 4. The van der Waals surface area contributed by atoms with Crippen LogP contribution in [0, 0.1) is 0 Å². The van der Waals surface area contributed by atoms with Crippen molar-refractivity contribution >= 4 is 23.2 Å². The third-order valence-corrected chi connectivity index (χ3v) is 3.01. The molecule has 1 aliphatic rings. The lowest BCUT2D eigenvalue weighted by Crippen LogP contribution is -2.24. The average Bonchev–Trinajstić information content (AvgIpc) is 2.85. The SMILES string of the molecule is NCCOCC(=O)Nc1cccc(N2CCCC2=O)c1. The zero-order chi connectivity index (χ0) is 14.4. The van der Waals surface area contributed by atoms with Gasteiger partial charge in [0, 0.05) is 30.9 Å². The predicted octanol–water partition coefficient (Wildman–Crippen LogP) is 0.727. The quantitative estimate of drug-likeness (QED) is 0.751. The van der Waals surface area contributed by atoms with Crippen LogP contribution in [-0.4, -0.2) is 38.1 Å². The third-order valence-electron chi connectivity index (χ3n) is 3.01. The normalized spacial score (nSPS) is 14.7. The lowest BCUT2D eigenvalue weighted by Gasteiger charge is -2.16. The highest BCUT2D eigenvalue weighted by Crippen LogP contribution is 2.24. The molecule has 3 N–H and O–H groups in total. The molecule has 0 aliphatic carbocycles. The molecule has 0 unspecified atom stereocenters. The van der Waals surface area contributed by atoms with Gasteiger partial charge in [0.25, 0.3) is 0 Å². The highest BCUT2D eigenvalue weighted by atomic mass is 16.5. The first kappa shape index (κ1) is 14.5. The van der Waals surface area contributed by atoms with Gasteiger partial charge in [-0.25, -0.2) is 0 Å². The van der Waals surface area contributed by atoms with E-state index in [9.17, 15) is 9.59 Å². The van der Waals surface area contributed by atoms with Gasteiger partial charge >= 0.3 is 0 Å². The number of rotatable bonds is 6. The van der Waals surface area contributed by atoms with Gasteiger partial charge in [0.15, 0.2) is 0 Å². The first-order chi connectivity index (χ1) is 9.70. The van der Waals surface area contributed by atoms with Crippen molar-refractivity contribution < 1.29 is 14.3 Å². The van der Waals surface area contributed by atoms with Crippen molar-refractivity contribution in [3.63, 3.8) is 0 Å². The van der Waals surface area contributed by atoms with Crippen LogP contribution in [0.5, 0.6) is 0 Å². The topological polar surface area (TPSA) is 84.7 Å². The summed E-state index contributed by atoms with van der Waals surface area (Å²) in [5.41, 5.74) is 6.75. The maximum Gasteiger partial charge on any atom is 0.250 e. The van der Waals surface area contributed by atoms with Gasteiger partial charge in [0.05, 0.1) is 6.61 Å². The Morgan fingerprint density at radius 3 is 3.00 bits per heavy atom. The number of benzene rings is 1. The highest BCUT2D eigenvalue weighted by molar-refractivity contribution is 5.97. The van der Waals surface area contributed by atoms with Crippen LogP contribution < -0.4 is 16.0 Å². The molecule has 1 aromatic carbocycles. The lowest BCUT2D eigenvalue weighted by atomic mass is 10.2. The van der Waals surface area contributed by atoms with E-state index in [0.29, 0.717) is 25.3 Å². The van der Waals surface area contributed by atoms with Crippen LogP contribution in [0.1, 0.15) is 12.8 Å². The van der Waals surface area contributed by atoms with E-state index in [0.717, 1.165) is 18.7 Å². The summed E-state index contributed by atoms with van der Waals surface area (Å²) in [7, 11) is 0. The Hall–Kier alpha value is -1.92. The number of hydrogen-bond donors (Lipinski definition) is 2. The molecule has 2 amide bonds. The molecule has 1 fully saturated rings. The maximum absolute atomic E-state index is 11.7. The Bertz CT molecular complexity index is 490. The van der Waals surface area contributed by atoms with Crippen molar-refractivity contribution in [2.24, 2.45) is 5.73 Å². The summed E-state index contributed by atoms with van der Waals surface area (Å²) >= 11 is 0. The molecule has 0 aromatic heterocycles. The third kappa shape index (κ3) is 3.79. The summed E-state index contributed by atoms with van der Waals surface area (Å²) in [4.78, 5) is 25.1. The summed E-state index contributed by atoms with van der Waals surface area (Å²) in [6.07, 6.45) is 1.46. The van der Waals surface area contributed by atoms with Crippen molar-refractivity contribution in [3.8, 4) is 0 Å². The van der Waals surface area contributed by atoms with Gasteiger partial charge in [-0.1, -0.05) is 6.07 Å². The van der Waals surface area contributed by atoms with E-state index in [1.165, 1.54) is 0 Å². The first-order valence-corrected chi connectivity index (χ1v) is 6.69. The number of ether oxygens (including phenoxy) is 1. The molecule has 6 nitrogen and oxygen atoms in total. The molecule has 0 saturated carbocycles. The molecule has 0 spiro atoms. The van der Waals surface area contributed by atoms with Crippen LogP contribution in [0.25, 0.3) is 0 Å². The molecule has 20 heavy (non-hydrogen) atoms. The fourth-order valence-corrected chi connectivity index (χ4v) is 2.12. The molecule has 2 rings (SSSR count). The molecular weight excluding hydrogens is 258 g/mol. The number of carbonyl (C=O) groups is 2. The molecule has 1 aliphatic heterocycles. The van der Waals surface area contributed by atoms with E-state index in [1.54, 1.807) is 17.0 Å². The molecule has 1 saturated heterocycles. The van der Waals surface area contributed by atoms with Gasteiger partial charge in [-0.05, 0) is 24.6 Å². The van der Waals surface area contributed by atoms with Gasteiger partial charge < -0.3 is 20.7 Å². The number of amides is 2. The van der Waals surface area contributed by atoms with Crippen LogP contribution >= 0.6 is 0 Å². The van der Waals surface area contributed by atoms with Gasteiger partial charge in [-0.15, -0.1) is 0 Å². The van der Waals surface area contributed by atoms with Crippen molar-refractivity contribution in [1.29, 1.82) is 0 Å². The molecule has 0 radical (unpaired) electrons. The van der Waals surface area contributed by atoms with Crippen molar-refractivity contribution in [2.75, 3.05) is 36.5 Å². The predicted molar refractivity (Wildman–Crippen MR) is 76.5 cm³/mol. The Morgan fingerprint density at radius 1 is 1.45 bits per heavy atom. The van der Waals surface area contributed by atoms with E-state index in [2.05, 4.69) is 5.32 Å². The minimum atomic E-state index is -0.233. The number of carbonyl (C=O) groups excluding carboxylic acids is 2.